The zero-order chi connectivity index (χ0) is 10.7. The third kappa shape index (κ3) is 2.19. The van der Waals surface area contributed by atoms with Gasteiger partial charge in [-0.15, -0.1) is 0 Å². The average Bonchev–Trinajstić information content (AvgIpc) is 2.09. The van der Waals surface area contributed by atoms with Crippen LogP contribution in [0.2, 0.25) is 0 Å². The Kier molecular flexibility index (Phi) is 3.38. The first kappa shape index (κ1) is 10.9. The van der Waals surface area contributed by atoms with Crippen LogP contribution in [0, 0.1) is 12.7 Å². The van der Waals surface area contributed by atoms with Crippen molar-refractivity contribution in [3.63, 3.8) is 0 Å². The van der Waals surface area contributed by atoms with Crippen LogP contribution < -0.4 is 11.3 Å². The van der Waals surface area contributed by atoms with Crippen molar-refractivity contribution in [3.8, 4) is 0 Å². The molecule has 0 amide bonds. The molecule has 0 spiro atoms. The van der Waals surface area contributed by atoms with Crippen LogP contribution in [0.25, 0.3) is 0 Å². The van der Waals surface area contributed by atoms with E-state index in [-0.39, 0.29) is 11.9 Å². The van der Waals surface area contributed by atoms with Crippen LogP contribution in [0.3, 0.4) is 0 Å². The molecule has 0 aliphatic carbocycles. The maximum absolute atomic E-state index is 13.5. The summed E-state index contributed by atoms with van der Waals surface area (Å²) < 4.78 is 13.5. The van der Waals surface area contributed by atoms with Gasteiger partial charge >= 0.3 is 0 Å². The monoisotopic (exact) mass is 194 g/mol. The molecule has 0 heterocycles. The number of rotatable bonds is 3. The van der Waals surface area contributed by atoms with Crippen molar-refractivity contribution in [2.75, 3.05) is 0 Å². The van der Waals surface area contributed by atoms with E-state index in [2.05, 4.69) is 12.0 Å². The molecule has 3 heteroatoms. The molecule has 0 bridgehead atoms. The van der Waals surface area contributed by atoms with Crippen LogP contribution in [-0.4, -0.2) is 0 Å². The molecule has 1 aromatic carbocycles. The van der Waals surface area contributed by atoms with E-state index in [0.29, 0.717) is 5.56 Å². The summed E-state index contributed by atoms with van der Waals surface area (Å²) in [6, 6.07) is 4.74. The molecule has 2 nitrogen and oxygen atoms in total. The van der Waals surface area contributed by atoms with Gasteiger partial charge in [-0.05, 0) is 25.5 Å². The molecule has 3 N–H and O–H groups in total. The summed E-state index contributed by atoms with van der Waals surface area (Å²) in [5, 5.41) is 0. The van der Waals surface area contributed by atoms with E-state index < -0.39 is 0 Å². The molecule has 1 unspecified atom stereocenters. The van der Waals surface area contributed by atoms with Gasteiger partial charge in [0.2, 0.25) is 0 Å². The molecule has 0 saturated carbocycles. The van der Waals surface area contributed by atoms with Crippen LogP contribution in [0.1, 0.15) is 24.1 Å². The van der Waals surface area contributed by atoms with E-state index in [1.165, 1.54) is 6.07 Å². The van der Waals surface area contributed by atoms with Gasteiger partial charge in [0.15, 0.2) is 0 Å². The minimum Gasteiger partial charge on any atom is -0.271 e. The Morgan fingerprint density at radius 1 is 1.57 bits per heavy atom. The van der Waals surface area contributed by atoms with E-state index in [4.69, 9.17) is 5.84 Å². The molecule has 0 aliphatic rings. The molecule has 0 aliphatic heterocycles. The molecule has 0 fully saturated rings. The lowest BCUT2D eigenvalue weighted by atomic mass is 10.00. The highest BCUT2D eigenvalue weighted by atomic mass is 19.1. The minimum absolute atomic E-state index is 0.254. The maximum atomic E-state index is 13.5. The summed E-state index contributed by atoms with van der Waals surface area (Å²) in [6.07, 6.45) is 0. The molecule has 14 heavy (non-hydrogen) atoms. The van der Waals surface area contributed by atoms with Gasteiger partial charge in [-0.2, -0.15) is 0 Å². The first-order chi connectivity index (χ1) is 6.56. The normalized spacial score (nSPS) is 12.6. The van der Waals surface area contributed by atoms with Gasteiger partial charge in [0.25, 0.3) is 0 Å². The number of nitrogens with one attached hydrogen (secondary N) is 1. The Morgan fingerprint density at radius 2 is 2.21 bits per heavy atom. The molecule has 1 atom stereocenters. The fraction of sp³-hybridized carbons (Fsp3) is 0.273. The number of aryl methyl sites for hydroxylation is 1. The van der Waals surface area contributed by atoms with Crippen LogP contribution in [0.5, 0.6) is 0 Å². The second-order valence-corrected chi connectivity index (χ2v) is 3.47. The fourth-order valence-corrected chi connectivity index (χ4v) is 1.36. The smallest absolute Gasteiger partial charge is 0.128 e. The summed E-state index contributed by atoms with van der Waals surface area (Å²) in [4.78, 5) is 0. The van der Waals surface area contributed by atoms with Gasteiger partial charge in [-0.1, -0.05) is 24.3 Å². The summed E-state index contributed by atoms with van der Waals surface area (Å²) in [7, 11) is 0. The molecular formula is C11H15FN2. The Hall–Kier alpha value is -1.19. The lowest BCUT2D eigenvalue weighted by molar-refractivity contribution is 0.555. The topological polar surface area (TPSA) is 38.0 Å². The van der Waals surface area contributed by atoms with Crippen LogP contribution in [0.15, 0.2) is 30.4 Å². The maximum Gasteiger partial charge on any atom is 0.128 e. The van der Waals surface area contributed by atoms with E-state index in [9.17, 15) is 4.39 Å². The van der Waals surface area contributed by atoms with E-state index >= 15 is 0 Å². The molecule has 76 valence electrons. The standard InChI is InChI=1S/C11H15FN2/c1-7(2)11(14-13)9-5-4-8(3)6-10(9)12/h4-6,11,14H,1,13H2,2-3H3. The first-order valence-corrected chi connectivity index (χ1v) is 4.44. The number of hydrazine groups is 1. The van der Waals surface area contributed by atoms with Gasteiger partial charge in [0, 0.05) is 5.56 Å². The number of hydrogen-bond acceptors (Lipinski definition) is 2. The molecular weight excluding hydrogens is 179 g/mol. The van der Waals surface area contributed by atoms with Crippen LogP contribution in [0.4, 0.5) is 4.39 Å². The predicted octanol–water partition coefficient (Wildman–Crippen LogP) is 2.21. The third-order valence-corrected chi connectivity index (χ3v) is 2.13. The summed E-state index contributed by atoms with van der Waals surface area (Å²) >= 11 is 0. The predicted molar refractivity (Wildman–Crippen MR) is 56.0 cm³/mol. The molecule has 1 aromatic rings. The minimum atomic E-state index is -0.324. The van der Waals surface area contributed by atoms with Crippen molar-refractivity contribution >= 4 is 0 Å². The highest BCUT2D eigenvalue weighted by Gasteiger charge is 2.14. The van der Waals surface area contributed by atoms with Gasteiger partial charge in [-0.3, -0.25) is 5.84 Å². The Labute approximate surface area is 83.6 Å². The van der Waals surface area contributed by atoms with Crippen molar-refractivity contribution in [2.24, 2.45) is 5.84 Å². The largest absolute Gasteiger partial charge is 0.271 e. The average molecular weight is 194 g/mol. The zero-order valence-corrected chi connectivity index (χ0v) is 8.47. The number of nitrogens with two attached hydrogens (primary N) is 1. The molecule has 0 saturated heterocycles. The third-order valence-electron chi connectivity index (χ3n) is 2.13. The van der Waals surface area contributed by atoms with Crippen molar-refractivity contribution in [1.82, 2.24) is 5.43 Å². The Bertz CT molecular complexity index is 347. The summed E-state index contributed by atoms with van der Waals surface area (Å²) in [5.74, 6) is 5.08. The summed E-state index contributed by atoms with van der Waals surface area (Å²) in [6.45, 7) is 7.41. The van der Waals surface area contributed by atoms with E-state index in [0.717, 1.165) is 11.1 Å². The Balaban J connectivity index is 3.10. The highest BCUT2D eigenvalue weighted by Crippen LogP contribution is 2.22. The molecule has 0 aromatic heterocycles. The number of halogens is 1. The van der Waals surface area contributed by atoms with Gasteiger partial charge in [-0.25, -0.2) is 9.82 Å². The quantitative estimate of drug-likeness (QED) is 0.440. The van der Waals surface area contributed by atoms with E-state index in [1.54, 1.807) is 6.07 Å². The van der Waals surface area contributed by atoms with Gasteiger partial charge in [0.1, 0.15) is 5.82 Å². The Morgan fingerprint density at radius 3 is 2.64 bits per heavy atom. The second-order valence-electron chi connectivity index (χ2n) is 3.47. The van der Waals surface area contributed by atoms with Gasteiger partial charge < -0.3 is 0 Å². The fourth-order valence-electron chi connectivity index (χ4n) is 1.36. The zero-order valence-electron chi connectivity index (χ0n) is 8.47. The lowest BCUT2D eigenvalue weighted by Crippen LogP contribution is -2.29. The van der Waals surface area contributed by atoms with E-state index in [1.807, 2.05) is 19.9 Å². The van der Waals surface area contributed by atoms with Crippen molar-refractivity contribution in [2.45, 2.75) is 19.9 Å². The summed E-state index contributed by atoms with van der Waals surface area (Å²) in [5.41, 5.74) is 4.75. The first-order valence-electron chi connectivity index (χ1n) is 4.44. The van der Waals surface area contributed by atoms with Crippen molar-refractivity contribution in [3.05, 3.63) is 47.3 Å². The SMILES string of the molecule is C=C(C)C(NN)c1ccc(C)cc1F. The number of benzene rings is 1. The second kappa shape index (κ2) is 4.35. The lowest BCUT2D eigenvalue weighted by Gasteiger charge is -2.17. The molecule has 1 rings (SSSR count). The van der Waals surface area contributed by atoms with Gasteiger partial charge in [0.05, 0.1) is 6.04 Å². The van der Waals surface area contributed by atoms with Crippen molar-refractivity contribution < 1.29 is 4.39 Å². The molecule has 0 radical (unpaired) electrons. The van der Waals surface area contributed by atoms with Crippen LogP contribution >= 0.6 is 0 Å². The highest BCUT2D eigenvalue weighted by molar-refractivity contribution is 5.30. The van der Waals surface area contributed by atoms with Crippen molar-refractivity contribution in [1.29, 1.82) is 0 Å². The number of hydrogen-bond donors (Lipinski definition) is 2. The van der Waals surface area contributed by atoms with Crippen LogP contribution in [-0.2, 0) is 0 Å².